The van der Waals surface area contributed by atoms with Crippen molar-refractivity contribution in [2.24, 2.45) is 5.92 Å². The molecule has 0 amide bonds. The van der Waals surface area contributed by atoms with Crippen LogP contribution in [0.3, 0.4) is 0 Å². The lowest BCUT2D eigenvalue weighted by Crippen LogP contribution is -2.28. The predicted molar refractivity (Wildman–Crippen MR) is 195 cm³/mol. The molecule has 1 aliphatic heterocycles. The summed E-state index contributed by atoms with van der Waals surface area (Å²) in [6.45, 7) is 6.26. The van der Waals surface area contributed by atoms with Crippen molar-refractivity contribution in [3.63, 3.8) is 0 Å². The Morgan fingerprint density at radius 3 is 1.72 bits per heavy atom. The van der Waals surface area contributed by atoms with E-state index in [4.69, 9.17) is 14.2 Å². The molecule has 6 nitrogen and oxygen atoms in total. The highest BCUT2D eigenvalue weighted by Gasteiger charge is 2.35. The maximum atomic E-state index is 12.1. The fourth-order valence-corrected chi connectivity index (χ4v) is 5.22. The van der Waals surface area contributed by atoms with Crippen LogP contribution in [0.1, 0.15) is 149 Å². The fraction of sp³-hybridized carbons (Fsp3) is 0.707. The Balaban J connectivity index is 1.96. The van der Waals surface area contributed by atoms with Gasteiger partial charge in [0.15, 0.2) is 6.10 Å². The standard InChI is InChI=1S/C41H68O6/c1-4-5-24-30-38-39(47-38)31-26-21-17-13-8-6-7-9-15-19-23-28-33-41(44)46-37(34-42)35-45-40(43)32-27-22-18-14-11-10-12-16-20-25-29-36(2)3/h5,7-9,13,19,21,23-24,26,36-39,42H,4,6,10-12,14-18,20,22,25,27-35H2,1-3H3/b9-7-,13-8-,23-19-,24-5-,26-21-/t37-,38?,39?/m0/s1. The summed E-state index contributed by atoms with van der Waals surface area (Å²) < 4.78 is 16.2. The van der Waals surface area contributed by atoms with Gasteiger partial charge in [0.2, 0.25) is 0 Å². The Labute approximate surface area is 287 Å². The van der Waals surface area contributed by atoms with Crippen LogP contribution in [0, 0.1) is 5.92 Å². The average molecular weight is 657 g/mol. The van der Waals surface area contributed by atoms with E-state index in [-0.39, 0.29) is 25.6 Å². The summed E-state index contributed by atoms with van der Waals surface area (Å²) in [7, 11) is 0. The van der Waals surface area contributed by atoms with Crippen molar-refractivity contribution in [3.05, 3.63) is 60.8 Å². The van der Waals surface area contributed by atoms with E-state index >= 15 is 0 Å². The van der Waals surface area contributed by atoms with E-state index in [9.17, 15) is 14.7 Å². The first-order chi connectivity index (χ1) is 23.0. The monoisotopic (exact) mass is 657 g/mol. The summed E-state index contributed by atoms with van der Waals surface area (Å²) in [6.07, 6.45) is 41.9. The van der Waals surface area contributed by atoms with E-state index < -0.39 is 12.1 Å². The van der Waals surface area contributed by atoms with E-state index in [0.29, 0.717) is 25.0 Å². The smallest absolute Gasteiger partial charge is 0.306 e. The van der Waals surface area contributed by atoms with Gasteiger partial charge in [-0.3, -0.25) is 9.59 Å². The molecule has 1 fully saturated rings. The highest BCUT2D eigenvalue weighted by atomic mass is 16.6. The lowest BCUT2D eigenvalue weighted by Gasteiger charge is -2.15. The minimum atomic E-state index is -0.815. The summed E-state index contributed by atoms with van der Waals surface area (Å²) in [4.78, 5) is 24.2. The number of unbranched alkanes of at least 4 members (excludes halogenated alkanes) is 9. The summed E-state index contributed by atoms with van der Waals surface area (Å²) in [5.74, 6) is 0.122. The highest BCUT2D eigenvalue weighted by molar-refractivity contribution is 5.70. The number of ether oxygens (including phenoxy) is 3. The zero-order valence-corrected chi connectivity index (χ0v) is 30.1. The molecule has 0 radical (unpaired) electrons. The van der Waals surface area contributed by atoms with Gasteiger partial charge in [-0.15, -0.1) is 0 Å². The van der Waals surface area contributed by atoms with Gasteiger partial charge in [-0.2, -0.15) is 0 Å². The van der Waals surface area contributed by atoms with Crippen LogP contribution in [0.5, 0.6) is 0 Å². The van der Waals surface area contributed by atoms with Crippen molar-refractivity contribution in [1.82, 2.24) is 0 Å². The molecule has 1 rings (SSSR count). The highest BCUT2D eigenvalue weighted by Crippen LogP contribution is 2.29. The Kier molecular flexibility index (Phi) is 28.0. The summed E-state index contributed by atoms with van der Waals surface area (Å²) >= 11 is 0. The van der Waals surface area contributed by atoms with Gasteiger partial charge in [-0.25, -0.2) is 0 Å². The van der Waals surface area contributed by atoms with Crippen LogP contribution in [0.4, 0.5) is 0 Å². The molecule has 0 spiro atoms. The van der Waals surface area contributed by atoms with Crippen LogP contribution in [-0.2, 0) is 23.8 Å². The van der Waals surface area contributed by atoms with Crippen LogP contribution in [0.15, 0.2) is 60.8 Å². The second-order valence-electron chi connectivity index (χ2n) is 13.1. The van der Waals surface area contributed by atoms with Gasteiger partial charge >= 0.3 is 11.9 Å². The van der Waals surface area contributed by atoms with Crippen molar-refractivity contribution in [2.75, 3.05) is 13.2 Å². The van der Waals surface area contributed by atoms with Crippen LogP contribution in [0.25, 0.3) is 0 Å². The molecule has 1 saturated heterocycles. The molecule has 268 valence electrons. The molecular formula is C41H68O6. The van der Waals surface area contributed by atoms with E-state index in [1.54, 1.807) is 0 Å². The van der Waals surface area contributed by atoms with Crippen LogP contribution >= 0.6 is 0 Å². The molecule has 0 aromatic carbocycles. The molecule has 3 atom stereocenters. The van der Waals surface area contributed by atoms with Gasteiger partial charge in [0.1, 0.15) is 6.61 Å². The van der Waals surface area contributed by atoms with Crippen molar-refractivity contribution in [1.29, 1.82) is 0 Å². The van der Waals surface area contributed by atoms with Crippen molar-refractivity contribution < 1.29 is 28.9 Å². The molecule has 0 bridgehead atoms. The van der Waals surface area contributed by atoms with Crippen molar-refractivity contribution in [3.8, 4) is 0 Å². The molecule has 6 heteroatoms. The Morgan fingerprint density at radius 1 is 0.660 bits per heavy atom. The minimum Gasteiger partial charge on any atom is -0.462 e. The van der Waals surface area contributed by atoms with Crippen LogP contribution in [-0.4, -0.2) is 48.6 Å². The number of rotatable bonds is 31. The number of epoxide rings is 1. The lowest BCUT2D eigenvalue weighted by molar-refractivity contribution is -0.161. The van der Waals surface area contributed by atoms with Gasteiger partial charge in [-0.1, -0.05) is 146 Å². The first-order valence-electron chi connectivity index (χ1n) is 18.8. The Morgan fingerprint density at radius 2 is 1.17 bits per heavy atom. The first kappa shape index (κ1) is 42.6. The van der Waals surface area contributed by atoms with E-state index in [1.807, 2.05) is 12.2 Å². The SMILES string of the molecule is CC/C=C\CC1OC1C/C=C\C/C=C\C/C=C\C/C=C\CCC(=O)O[C@@H](CO)COC(=O)CCCCCCCCCCCCC(C)C. The number of hydrogen-bond donors (Lipinski definition) is 1. The quantitative estimate of drug-likeness (QED) is 0.0346. The Hall–Kier alpha value is -2.44. The van der Waals surface area contributed by atoms with Gasteiger partial charge in [0.05, 0.1) is 18.8 Å². The largest absolute Gasteiger partial charge is 0.462 e. The molecule has 1 N–H and O–H groups in total. The van der Waals surface area contributed by atoms with E-state index in [2.05, 4.69) is 69.4 Å². The van der Waals surface area contributed by atoms with Gasteiger partial charge in [0.25, 0.3) is 0 Å². The number of hydrogen-bond acceptors (Lipinski definition) is 6. The third-order valence-corrected chi connectivity index (χ3v) is 8.17. The molecule has 47 heavy (non-hydrogen) atoms. The maximum Gasteiger partial charge on any atom is 0.306 e. The van der Waals surface area contributed by atoms with Gasteiger partial charge < -0.3 is 19.3 Å². The number of esters is 2. The maximum absolute atomic E-state index is 12.1. The lowest BCUT2D eigenvalue weighted by atomic mass is 10.0. The fourth-order valence-electron chi connectivity index (χ4n) is 5.22. The molecule has 1 aliphatic rings. The molecule has 0 saturated carbocycles. The molecule has 1 heterocycles. The molecule has 2 unspecified atom stereocenters. The van der Waals surface area contributed by atoms with Gasteiger partial charge in [-0.05, 0) is 57.3 Å². The minimum absolute atomic E-state index is 0.101. The number of aliphatic hydroxyl groups excluding tert-OH is 1. The first-order valence-corrected chi connectivity index (χ1v) is 18.8. The number of allylic oxidation sites excluding steroid dienone is 8. The molecular weight excluding hydrogens is 588 g/mol. The zero-order chi connectivity index (χ0) is 34.2. The van der Waals surface area contributed by atoms with Crippen molar-refractivity contribution >= 4 is 11.9 Å². The predicted octanol–water partition coefficient (Wildman–Crippen LogP) is 10.5. The molecule has 0 aliphatic carbocycles. The second-order valence-corrected chi connectivity index (χ2v) is 13.1. The van der Waals surface area contributed by atoms with Crippen LogP contribution < -0.4 is 0 Å². The normalized spacial score (nSPS) is 17.3. The summed E-state index contributed by atoms with van der Waals surface area (Å²) in [5, 5.41) is 9.53. The summed E-state index contributed by atoms with van der Waals surface area (Å²) in [5.41, 5.74) is 0. The average Bonchev–Trinajstić information content (AvgIpc) is 3.81. The number of carbonyl (C=O) groups is 2. The zero-order valence-electron chi connectivity index (χ0n) is 30.1. The molecule has 0 aromatic heterocycles. The van der Waals surface area contributed by atoms with E-state index in [1.165, 1.54) is 51.4 Å². The number of carbonyl (C=O) groups excluding carboxylic acids is 2. The topological polar surface area (TPSA) is 85.4 Å². The third-order valence-electron chi connectivity index (χ3n) is 8.17. The molecule has 0 aromatic rings. The summed E-state index contributed by atoms with van der Waals surface area (Å²) in [6, 6.07) is 0. The van der Waals surface area contributed by atoms with E-state index in [0.717, 1.165) is 63.7 Å². The number of aliphatic hydroxyl groups is 1. The second kappa shape index (κ2) is 30.9. The van der Waals surface area contributed by atoms with Crippen LogP contribution in [0.2, 0.25) is 0 Å². The van der Waals surface area contributed by atoms with Gasteiger partial charge in [0, 0.05) is 12.8 Å². The third kappa shape index (κ3) is 28.3. The van der Waals surface area contributed by atoms with Crippen molar-refractivity contribution in [2.45, 2.75) is 167 Å². The Bertz CT molecular complexity index is 915.